The first-order chi connectivity index (χ1) is 9.63. The Kier molecular flexibility index (Phi) is 5.83. The van der Waals surface area contributed by atoms with Crippen LogP contribution in [0.3, 0.4) is 0 Å². The van der Waals surface area contributed by atoms with Gasteiger partial charge in [-0.25, -0.2) is 0 Å². The lowest BCUT2D eigenvalue weighted by molar-refractivity contribution is -0.119. The summed E-state index contributed by atoms with van der Waals surface area (Å²) in [5, 5.41) is 3.63. The van der Waals surface area contributed by atoms with E-state index in [0.717, 1.165) is 50.8 Å². The molecule has 0 aromatic heterocycles. The molecule has 2 rings (SSSR count). The molecule has 20 heavy (non-hydrogen) atoms. The first-order valence-corrected chi connectivity index (χ1v) is 7.45. The molecule has 1 heterocycles. The van der Waals surface area contributed by atoms with Crippen LogP contribution in [-0.4, -0.2) is 55.0 Å². The van der Waals surface area contributed by atoms with Gasteiger partial charge in [0.25, 0.3) is 0 Å². The third-order valence-corrected chi connectivity index (χ3v) is 3.84. The lowest BCUT2D eigenvalue weighted by Crippen LogP contribution is -2.47. The molecule has 1 aliphatic rings. The van der Waals surface area contributed by atoms with Crippen LogP contribution >= 0.6 is 11.6 Å². The molecule has 0 atom stereocenters. The Labute approximate surface area is 125 Å². The summed E-state index contributed by atoms with van der Waals surface area (Å²) in [7, 11) is 0. The SMILES string of the molecule is CC(=O)NCCN1CCN(Cc2ccc(Cl)cc2)CC1. The summed E-state index contributed by atoms with van der Waals surface area (Å²) in [5.41, 5.74) is 1.31. The number of hydrogen-bond acceptors (Lipinski definition) is 3. The predicted molar refractivity (Wildman–Crippen MR) is 81.9 cm³/mol. The third kappa shape index (κ3) is 5.12. The number of piperazine rings is 1. The molecule has 0 unspecified atom stereocenters. The molecule has 1 amide bonds. The van der Waals surface area contributed by atoms with Crippen molar-refractivity contribution >= 4 is 17.5 Å². The van der Waals surface area contributed by atoms with Crippen LogP contribution in [0.25, 0.3) is 0 Å². The van der Waals surface area contributed by atoms with E-state index in [4.69, 9.17) is 11.6 Å². The molecule has 0 aliphatic carbocycles. The highest BCUT2D eigenvalue weighted by atomic mass is 35.5. The molecule has 1 fully saturated rings. The lowest BCUT2D eigenvalue weighted by atomic mass is 10.2. The van der Waals surface area contributed by atoms with E-state index in [2.05, 4.69) is 27.2 Å². The third-order valence-electron chi connectivity index (χ3n) is 3.59. The van der Waals surface area contributed by atoms with Crippen molar-refractivity contribution in [2.75, 3.05) is 39.3 Å². The number of carbonyl (C=O) groups excluding carboxylic acids is 1. The first-order valence-electron chi connectivity index (χ1n) is 7.07. The molecule has 1 saturated heterocycles. The topological polar surface area (TPSA) is 35.6 Å². The quantitative estimate of drug-likeness (QED) is 0.896. The minimum Gasteiger partial charge on any atom is -0.355 e. The van der Waals surface area contributed by atoms with Crippen molar-refractivity contribution < 1.29 is 4.79 Å². The highest BCUT2D eigenvalue weighted by Gasteiger charge is 2.16. The molecular formula is C15H22ClN3O. The molecule has 0 radical (unpaired) electrons. The van der Waals surface area contributed by atoms with Gasteiger partial charge >= 0.3 is 0 Å². The number of rotatable bonds is 5. The Bertz CT molecular complexity index is 427. The zero-order chi connectivity index (χ0) is 14.4. The fourth-order valence-electron chi connectivity index (χ4n) is 2.41. The number of nitrogens with zero attached hydrogens (tertiary/aromatic N) is 2. The summed E-state index contributed by atoms with van der Waals surface area (Å²) in [6, 6.07) is 8.07. The highest BCUT2D eigenvalue weighted by Crippen LogP contribution is 2.12. The zero-order valence-corrected chi connectivity index (χ0v) is 12.7. The van der Waals surface area contributed by atoms with E-state index in [9.17, 15) is 4.79 Å². The van der Waals surface area contributed by atoms with Gasteiger partial charge in [-0.1, -0.05) is 23.7 Å². The van der Waals surface area contributed by atoms with Crippen molar-refractivity contribution in [2.24, 2.45) is 0 Å². The Hall–Kier alpha value is -1.10. The summed E-state index contributed by atoms with van der Waals surface area (Å²) in [6.45, 7) is 8.49. The van der Waals surface area contributed by atoms with Crippen molar-refractivity contribution in [3.05, 3.63) is 34.9 Å². The first kappa shape index (κ1) is 15.3. The van der Waals surface area contributed by atoms with E-state index >= 15 is 0 Å². The summed E-state index contributed by atoms with van der Waals surface area (Å²) >= 11 is 5.89. The standard InChI is InChI=1S/C15H22ClN3O/c1-13(20)17-6-7-18-8-10-19(11-9-18)12-14-2-4-15(16)5-3-14/h2-5H,6-12H2,1H3,(H,17,20). The monoisotopic (exact) mass is 295 g/mol. The van der Waals surface area contributed by atoms with Crippen LogP contribution in [0, 0.1) is 0 Å². The van der Waals surface area contributed by atoms with Gasteiger partial charge in [-0.15, -0.1) is 0 Å². The Morgan fingerprint density at radius 1 is 1.15 bits per heavy atom. The second kappa shape index (κ2) is 7.62. The zero-order valence-electron chi connectivity index (χ0n) is 11.9. The van der Waals surface area contributed by atoms with E-state index in [0.29, 0.717) is 0 Å². The molecular weight excluding hydrogens is 274 g/mol. The maximum absolute atomic E-state index is 10.8. The van der Waals surface area contributed by atoms with Gasteiger partial charge in [0.2, 0.25) is 5.91 Å². The van der Waals surface area contributed by atoms with Crippen LogP contribution in [0.4, 0.5) is 0 Å². The van der Waals surface area contributed by atoms with Crippen molar-refractivity contribution in [3.8, 4) is 0 Å². The fraction of sp³-hybridized carbons (Fsp3) is 0.533. The van der Waals surface area contributed by atoms with Crippen LogP contribution in [0.2, 0.25) is 5.02 Å². The molecule has 1 N–H and O–H groups in total. The lowest BCUT2D eigenvalue weighted by Gasteiger charge is -2.34. The summed E-state index contributed by atoms with van der Waals surface area (Å²) in [6.07, 6.45) is 0. The van der Waals surface area contributed by atoms with E-state index in [-0.39, 0.29) is 5.91 Å². The van der Waals surface area contributed by atoms with E-state index in [1.165, 1.54) is 5.56 Å². The Balaban J connectivity index is 1.68. The second-order valence-electron chi connectivity index (χ2n) is 5.23. The number of benzene rings is 1. The van der Waals surface area contributed by atoms with E-state index < -0.39 is 0 Å². The number of amides is 1. The van der Waals surface area contributed by atoms with Crippen molar-refractivity contribution in [1.29, 1.82) is 0 Å². The maximum atomic E-state index is 10.8. The molecule has 1 aliphatic heterocycles. The number of halogens is 1. The van der Waals surface area contributed by atoms with Gasteiger partial charge in [0, 0.05) is 57.8 Å². The molecule has 0 spiro atoms. The molecule has 1 aromatic rings. The van der Waals surface area contributed by atoms with Gasteiger partial charge < -0.3 is 5.32 Å². The van der Waals surface area contributed by atoms with Gasteiger partial charge in [-0.05, 0) is 17.7 Å². The molecule has 1 aromatic carbocycles. The minimum absolute atomic E-state index is 0.0476. The highest BCUT2D eigenvalue weighted by molar-refractivity contribution is 6.30. The van der Waals surface area contributed by atoms with Gasteiger partial charge in [0.05, 0.1) is 0 Å². The van der Waals surface area contributed by atoms with Crippen LogP contribution in [0.15, 0.2) is 24.3 Å². The number of hydrogen-bond donors (Lipinski definition) is 1. The van der Waals surface area contributed by atoms with Crippen LogP contribution in [0.5, 0.6) is 0 Å². The average molecular weight is 296 g/mol. The maximum Gasteiger partial charge on any atom is 0.216 e. The van der Waals surface area contributed by atoms with Crippen LogP contribution < -0.4 is 5.32 Å². The van der Waals surface area contributed by atoms with Gasteiger partial charge in [0.15, 0.2) is 0 Å². The number of carbonyl (C=O) groups is 1. The Morgan fingerprint density at radius 2 is 1.75 bits per heavy atom. The molecule has 0 bridgehead atoms. The van der Waals surface area contributed by atoms with Crippen molar-refractivity contribution in [1.82, 2.24) is 15.1 Å². The van der Waals surface area contributed by atoms with Crippen LogP contribution in [0.1, 0.15) is 12.5 Å². The second-order valence-corrected chi connectivity index (χ2v) is 5.66. The minimum atomic E-state index is 0.0476. The number of nitrogens with one attached hydrogen (secondary N) is 1. The predicted octanol–water partition coefficient (Wildman–Crippen LogP) is 1.59. The molecule has 5 heteroatoms. The molecule has 110 valence electrons. The van der Waals surface area contributed by atoms with Gasteiger partial charge in [0.1, 0.15) is 0 Å². The summed E-state index contributed by atoms with van der Waals surface area (Å²) < 4.78 is 0. The van der Waals surface area contributed by atoms with Gasteiger partial charge in [-0.2, -0.15) is 0 Å². The largest absolute Gasteiger partial charge is 0.355 e. The fourth-order valence-corrected chi connectivity index (χ4v) is 2.54. The normalized spacial score (nSPS) is 17.1. The smallest absolute Gasteiger partial charge is 0.216 e. The van der Waals surface area contributed by atoms with Crippen molar-refractivity contribution in [2.45, 2.75) is 13.5 Å². The Morgan fingerprint density at radius 3 is 2.35 bits per heavy atom. The summed E-state index contributed by atoms with van der Waals surface area (Å²) in [5.74, 6) is 0.0476. The van der Waals surface area contributed by atoms with Gasteiger partial charge in [-0.3, -0.25) is 14.6 Å². The summed E-state index contributed by atoms with van der Waals surface area (Å²) in [4.78, 5) is 15.7. The average Bonchev–Trinajstić information content (AvgIpc) is 2.43. The van der Waals surface area contributed by atoms with Crippen molar-refractivity contribution in [3.63, 3.8) is 0 Å². The van der Waals surface area contributed by atoms with E-state index in [1.54, 1.807) is 6.92 Å². The van der Waals surface area contributed by atoms with E-state index in [1.807, 2.05) is 12.1 Å². The molecule has 0 saturated carbocycles. The molecule has 4 nitrogen and oxygen atoms in total. The van der Waals surface area contributed by atoms with Crippen LogP contribution in [-0.2, 0) is 11.3 Å².